The average molecular weight is 328 g/mol. The van der Waals surface area contributed by atoms with Crippen LogP contribution in [0.3, 0.4) is 0 Å². The van der Waals surface area contributed by atoms with Gasteiger partial charge in [-0.3, -0.25) is 19.9 Å². The van der Waals surface area contributed by atoms with E-state index in [4.69, 9.17) is 4.74 Å². The van der Waals surface area contributed by atoms with Crippen LogP contribution in [0.1, 0.15) is 25.1 Å². The number of carbonyl (C=O) groups excluding carboxylic acids is 1. The lowest BCUT2D eigenvalue weighted by atomic mass is 9.91. The lowest BCUT2D eigenvalue weighted by Crippen LogP contribution is -2.25. The second-order valence-electron chi connectivity index (χ2n) is 5.97. The van der Waals surface area contributed by atoms with Gasteiger partial charge in [0.15, 0.2) is 0 Å². The van der Waals surface area contributed by atoms with Gasteiger partial charge in [0.2, 0.25) is 0 Å². The quantitative estimate of drug-likeness (QED) is 0.349. The summed E-state index contributed by atoms with van der Waals surface area (Å²) in [7, 11) is 0. The first kappa shape index (κ1) is 17.6. The number of aryl methyl sites for hydroxylation is 1. The molecule has 0 aliphatic carbocycles. The van der Waals surface area contributed by atoms with E-state index in [-0.39, 0.29) is 23.5 Å². The summed E-state index contributed by atoms with van der Waals surface area (Å²) in [5.41, 5.74) is 2.03. The molecule has 0 radical (unpaired) electrons. The fourth-order valence-corrected chi connectivity index (χ4v) is 2.29. The lowest BCUT2D eigenvalue weighted by Gasteiger charge is -2.18. The first-order valence-corrected chi connectivity index (χ1v) is 7.74. The standard InChI is InChI=1S/C18H20N2O4/c1-12-8-9-19-15(10-12)11-13(2)14(3)18(21)24-17-6-4-16(5-7-17)20(22)23/h4-10,13-14H,11H2,1-3H3. The Bertz CT molecular complexity index is 728. The number of nitro benzene ring substituents is 1. The number of carbonyl (C=O) groups is 1. The van der Waals surface area contributed by atoms with Gasteiger partial charge in [-0.2, -0.15) is 0 Å². The fourth-order valence-electron chi connectivity index (χ4n) is 2.29. The van der Waals surface area contributed by atoms with Crippen LogP contribution in [0.25, 0.3) is 0 Å². The minimum absolute atomic E-state index is 0.0401. The lowest BCUT2D eigenvalue weighted by molar-refractivity contribution is -0.384. The Morgan fingerprint density at radius 1 is 1.25 bits per heavy atom. The third kappa shape index (κ3) is 4.62. The normalized spacial score (nSPS) is 13.1. The zero-order valence-electron chi connectivity index (χ0n) is 13.9. The average Bonchev–Trinajstić information content (AvgIpc) is 2.54. The molecule has 0 saturated carbocycles. The molecule has 0 N–H and O–H groups in total. The number of aromatic nitrogens is 1. The van der Waals surface area contributed by atoms with E-state index in [2.05, 4.69) is 4.98 Å². The topological polar surface area (TPSA) is 82.3 Å². The van der Waals surface area contributed by atoms with Crippen molar-refractivity contribution in [3.63, 3.8) is 0 Å². The second kappa shape index (κ2) is 7.68. The van der Waals surface area contributed by atoms with E-state index in [1.165, 1.54) is 24.3 Å². The van der Waals surface area contributed by atoms with E-state index in [1.54, 1.807) is 6.20 Å². The predicted octanol–water partition coefficient (Wildman–Crippen LogP) is 3.72. The van der Waals surface area contributed by atoms with Crippen molar-refractivity contribution in [3.8, 4) is 5.75 Å². The van der Waals surface area contributed by atoms with Gasteiger partial charge in [0, 0.05) is 24.0 Å². The molecule has 2 rings (SSSR count). The predicted molar refractivity (Wildman–Crippen MR) is 89.7 cm³/mol. The molecule has 0 amide bonds. The highest BCUT2D eigenvalue weighted by molar-refractivity contribution is 5.75. The zero-order chi connectivity index (χ0) is 17.7. The molecule has 1 aromatic heterocycles. The Hall–Kier alpha value is -2.76. The van der Waals surface area contributed by atoms with Gasteiger partial charge in [0.05, 0.1) is 10.8 Å². The van der Waals surface area contributed by atoms with E-state index in [0.717, 1.165) is 11.3 Å². The van der Waals surface area contributed by atoms with Crippen molar-refractivity contribution in [2.75, 3.05) is 0 Å². The highest BCUT2D eigenvalue weighted by Gasteiger charge is 2.23. The Labute approximate surface area is 140 Å². The van der Waals surface area contributed by atoms with Gasteiger partial charge in [-0.1, -0.05) is 13.8 Å². The molecular weight excluding hydrogens is 308 g/mol. The fraction of sp³-hybridized carbons (Fsp3) is 0.333. The van der Waals surface area contributed by atoms with E-state index < -0.39 is 4.92 Å². The van der Waals surface area contributed by atoms with E-state index in [0.29, 0.717) is 12.2 Å². The molecule has 0 saturated heterocycles. The maximum Gasteiger partial charge on any atom is 0.314 e. The number of non-ortho nitro benzene ring substituents is 1. The van der Waals surface area contributed by atoms with Crippen LogP contribution in [-0.4, -0.2) is 15.9 Å². The van der Waals surface area contributed by atoms with Crippen molar-refractivity contribution >= 4 is 11.7 Å². The summed E-state index contributed by atoms with van der Waals surface area (Å²) < 4.78 is 5.31. The summed E-state index contributed by atoms with van der Waals surface area (Å²) in [6.45, 7) is 5.79. The van der Waals surface area contributed by atoms with Crippen LogP contribution in [-0.2, 0) is 11.2 Å². The Balaban J connectivity index is 1.96. The summed E-state index contributed by atoms with van der Waals surface area (Å²) in [5.74, 6) is -0.310. The smallest absolute Gasteiger partial charge is 0.314 e. The number of pyridine rings is 1. The molecular formula is C18H20N2O4. The minimum atomic E-state index is -0.495. The maximum atomic E-state index is 12.3. The summed E-state index contributed by atoms with van der Waals surface area (Å²) >= 11 is 0. The number of nitro groups is 1. The summed E-state index contributed by atoms with van der Waals surface area (Å²) in [6.07, 6.45) is 2.44. The molecule has 0 aliphatic rings. The van der Waals surface area contributed by atoms with Crippen molar-refractivity contribution in [1.82, 2.24) is 4.98 Å². The van der Waals surface area contributed by atoms with Crippen LogP contribution >= 0.6 is 0 Å². The number of rotatable bonds is 6. The molecule has 1 heterocycles. The molecule has 0 spiro atoms. The molecule has 126 valence electrons. The SMILES string of the molecule is Cc1ccnc(CC(C)C(C)C(=O)Oc2ccc([N+](=O)[O-])cc2)c1. The molecule has 24 heavy (non-hydrogen) atoms. The largest absolute Gasteiger partial charge is 0.426 e. The van der Waals surface area contributed by atoms with Crippen LogP contribution in [0.15, 0.2) is 42.6 Å². The van der Waals surface area contributed by atoms with Gasteiger partial charge in [-0.05, 0) is 49.1 Å². The first-order valence-electron chi connectivity index (χ1n) is 7.74. The van der Waals surface area contributed by atoms with Gasteiger partial charge in [-0.15, -0.1) is 0 Å². The number of esters is 1. The molecule has 6 heteroatoms. The highest BCUT2D eigenvalue weighted by Crippen LogP contribution is 2.22. The van der Waals surface area contributed by atoms with Gasteiger partial charge in [0.25, 0.3) is 5.69 Å². The molecule has 2 aromatic rings. The molecule has 2 atom stereocenters. The van der Waals surface area contributed by atoms with Crippen LogP contribution in [0.4, 0.5) is 5.69 Å². The number of hydrogen-bond acceptors (Lipinski definition) is 5. The number of nitrogens with zero attached hydrogens (tertiary/aromatic N) is 2. The van der Waals surface area contributed by atoms with Crippen molar-refractivity contribution in [2.24, 2.45) is 11.8 Å². The Morgan fingerprint density at radius 2 is 1.92 bits per heavy atom. The summed E-state index contributed by atoms with van der Waals surface area (Å²) in [6, 6.07) is 9.41. The van der Waals surface area contributed by atoms with Crippen LogP contribution < -0.4 is 4.74 Å². The van der Waals surface area contributed by atoms with E-state index >= 15 is 0 Å². The monoisotopic (exact) mass is 328 g/mol. The molecule has 0 bridgehead atoms. The van der Waals surface area contributed by atoms with Crippen molar-refractivity contribution in [3.05, 3.63) is 64.0 Å². The van der Waals surface area contributed by atoms with Crippen LogP contribution in [0.2, 0.25) is 0 Å². The van der Waals surface area contributed by atoms with Gasteiger partial charge < -0.3 is 4.74 Å². The number of benzene rings is 1. The first-order chi connectivity index (χ1) is 11.4. The molecule has 1 aromatic carbocycles. The highest BCUT2D eigenvalue weighted by atomic mass is 16.6. The van der Waals surface area contributed by atoms with Crippen molar-refractivity contribution < 1.29 is 14.5 Å². The van der Waals surface area contributed by atoms with Crippen LogP contribution in [0, 0.1) is 28.9 Å². The Kier molecular flexibility index (Phi) is 5.63. The van der Waals surface area contributed by atoms with Gasteiger partial charge >= 0.3 is 5.97 Å². The molecule has 0 aliphatic heterocycles. The number of hydrogen-bond donors (Lipinski definition) is 0. The molecule has 2 unspecified atom stereocenters. The Morgan fingerprint density at radius 3 is 2.50 bits per heavy atom. The van der Waals surface area contributed by atoms with E-state index in [9.17, 15) is 14.9 Å². The zero-order valence-corrected chi connectivity index (χ0v) is 13.9. The maximum absolute atomic E-state index is 12.3. The van der Waals surface area contributed by atoms with Gasteiger partial charge in [0.1, 0.15) is 5.75 Å². The third-order valence-electron chi connectivity index (χ3n) is 3.99. The van der Waals surface area contributed by atoms with Gasteiger partial charge in [-0.25, -0.2) is 0 Å². The molecule has 6 nitrogen and oxygen atoms in total. The minimum Gasteiger partial charge on any atom is -0.426 e. The number of ether oxygens (including phenoxy) is 1. The second-order valence-corrected chi connectivity index (χ2v) is 5.97. The van der Waals surface area contributed by atoms with E-state index in [1.807, 2.05) is 32.9 Å². The van der Waals surface area contributed by atoms with Crippen molar-refractivity contribution in [1.29, 1.82) is 0 Å². The van der Waals surface area contributed by atoms with Crippen LogP contribution in [0.5, 0.6) is 5.75 Å². The summed E-state index contributed by atoms with van der Waals surface area (Å²) in [4.78, 5) is 26.7. The third-order valence-corrected chi connectivity index (χ3v) is 3.99. The van der Waals surface area contributed by atoms with Crippen molar-refractivity contribution in [2.45, 2.75) is 27.2 Å². The summed E-state index contributed by atoms with van der Waals surface area (Å²) in [5, 5.41) is 10.6. The molecule has 0 fully saturated rings.